The van der Waals surface area contributed by atoms with E-state index in [1.165, 1.54) is 0 Å². The van der Waals surface area contributed by atoms with Gasteiger partial charge in [-0.1, -0.05) is 20.8 Å². The second kappa shape index (κ2) is 4.85. The molecule has 0 aromatic heterocycles. The van der Waals surface area contributed by atoms with Crippen molar-refractivity contribution < 1.29 is 0 Å². The molecule has 0 rings (SSSR count). The lowest BCUT2D eigenvalue weighted by molar-refractivity contribution is 0.287. The highest BCUT2D eigenvalue weighted by molar-refractivity contribution is 5.80. The first-order valence-electron chi connectivity index (χ1n) is 4.63. The third-order valence-electron chi connectivity index (χ3n) is 1.60. The minimum atomic E-state index is 0.195. The molecule has 0 unspecified atom stereocenters. The fraction of sp³-hybridized carbons (Fsp3) is 0.800. The molecular formula is C10H20N4. The zero-order valence-electron chi connectivity index (χ0n) is 10.00. The zero-order valence-corrected chi connectivity index (χ0v) is 10.00. The summed E-state index contributed by atoms with van der Waals surface area (Å²) in [5.41, 5.74) is 0.195. The van der Waals surface area contributed by atoms with Crippen LogP contribution in [0.2, 0.25) is 0 Å². The Morgan fingerprint density at radius 1 is 1.29 bits per heavy atom. The number of nitrogens with zero attached hydrogens (tertiary/aromatic N) is 4. The molecule has 0 aliphatic heterocycles. The monoisotopic (exact) mass is 196 g/mol. The summed E-state index contributed by atoms with van der Waals surface area (Å²) in [5, 5.41) is 8.54. The first-order chi connectivity index (χ1) is 6.28. The van der Waals surface area contributed by atoms with Crippen LogP contribution in [0.5, 0.6) is 0 Å². The first-order valence-corrected chi connectivity index (χ1v) is 4.63. The highest BCUT2D eigenvalue weighted by atomic mass is 15.3. The molecule has 0 fully saturated rings. The van der Waals surface area contributed by atoms with E-state index in [-0.39, 0.29) is 5.41 Å². The topological polar surface area (TPSA) is 42.6 Å². The van der Waals surface area contributed by atoms with Crippen molar-refractivity contribution in [1.82, 2.24) is 9.80 Å². The Kier molecular flexibility index (Phi) is 4.42. The van der Waals surface area contributed by atoms with Crippen LogP contribution in [0.1, 0.15) is 20.8 Å². The number of hydrogen-bond acceptors (Lipinski definition) is 2. The number of rotatable bonds is 1. The number of aliphatic imine (C=N–C) groups is 1. The first kappa shape index (κ1) is 12.8. The molecule has 4 heteroatoms. The highest BCUT2D eigenvalue weighted by Gasteiger charge is 2.17. The van der Waals surface area contributed by atoms with Crippen LogP contribution in [-0.2, 0) is 0 Å². The second-order valence-electron chi connectivity index (χ2n) is 4.82. The van der Waals surface area contributed by atoms with Crippen LogP contribution < -0.4 is 0 Å². The van der Waals surface area contributed by atoms with Gasteiger partial charge in [0.25, 0.3) is 0 Å². The minimum absolute atomic E-state index is 0.195. The van der Waals surface area contributed by atoms with E-state index >= 15 is 0 Å². The molecule has 80 valence electrons. The summed E-state index contributed by atoms with van der Waals surface area (Å²) in [6, 6.07) is 0. The average Bonchev–Trinajstić information content (AvgIpc) is 1.95. The molecule has 0 amide bonds. The van der Waals surface area contributed by atoms with Crippen molar-refractivity contribution in [2.24, 2.45) is 10.4 Å². The molecule has 0 aromatic carbocycles. The summed E-state index contributed by atoms with van der Waals surface area (Å²) in [4.78, 5) is 7.61. The van der Waals surface area contributed by atoms with Gasteiger partial charge in [0.1, 0.15) is 0 Å². The van der Waals surface area contributed by atoms with Gasteiger partial charge in [-0.2, -0.15) is 5.26 Å². The van der Waals surface area contributed by atoms with Gasteiger partial charge in [0.15, 0.2) is 0 Å². The molecule has 0 bridgehead atoms. The van der Waals surface area contributed by atoms with Gasteiger partial charge in [0.2, 0.25) is 12.2 Å². The van der Waals surface area contributed by atoms with Crippen LogP contribution in [-0.4, -0.2) is 43.4 Å². The second-order valence-corrected chi connectivity index (χ2v) is 4.82. The lowest BCUT2D eigenvalue weighted by Gasteiger charge is -2.31. The molecular weight excluding hydrogens is 176 g/mol. The fourth-order valence-electron chi connectivity index (χ4n) is 1.35. The van der Waals surface area contributed by atoms with Crippen molar-refractivity contribution in [3.8, 4) is 6.19 Å². The number of hydrogen-bond donors (Lipinski definition) is 0. The maximum absolute atomic E-state index is 8.54. The van der Waals surface area contributed by atoms with E-state index in [4.69, 9.17) is 5.26 Å². The van der Waals surface area contributed by atoms with E-state index in [9.17, 15) is 0 Å². The molecule has 0 saturated carbocycles. The summed E-state index contributed by atoms with van der Waals surface area (Å²) in [7, 11) is 5.71. The Balaban J connectivity index is 4.57. The molecule has 0 atom stereocenters. The fourth-order valence-corrected chi connectivity index (χ4v) is 1.35. The van der Waals surface area contributed by atoms with Crippen LogP contribution in [0.3, 0.4) is 0 Å². The molecule has 0 spiro atoms. The molecule has 0 radical (unpaired) electrons. The third-order valence-corrected chi connectivity index (χ3v) is 1.60. The zero-order chi connectivity index (χ0) is 11.4. The van der Waals surface area contributed by atoms with Crippen LogP contribution in [0.4, 0.5) is 0 Å². The summed E-state index contributed by atoms with van der Waals surface area (Å²) in [6.45, 7) is 7.33. The van der Waals surface area contributed by atoms with Gasteiger partial charge in [-0.15, -0.1) is 4.99 Å². The Bertz CT molecular complexity index is 242. The van der Waals surface area contributed by atoms with Crippen molar-refractivity contribution in [2.45, 2.75) is 20.8 Å². The van der Waals surface area contributed by atoms with Crippen molar-refractivity contribution in [3.05, 3.63) is 0 Å². The summed E-state index contributed by atoms with van der Waals surface area (Å²) < 4.78 is 0. The molecule has 0 N–H and O–H groups in total. The largest absolute Gasteiger partial charge is 0.348 e. The predicted octanol–water partition coefficient (Wildman–Crippen LogP) is 1.36. The Morgan fingerprint density at radius 2 is 1.79 bits per heavy atom. The molecule has 14 heavy (non-hydrogen) atoms. The van der Waals surface area contributed by atoms with Crippen molar-refractivity contribution in [3.63, 3.8) is 0 Å². The lowest BCUT2D eigenvalue weighted by Crippen LogP contribution is -2.41. The van der Waals surface area contributed by atoms with Gasteiger partial charge in [0, 0.05) is 27.7 Å². The van der Waals surface area contributed by atoms with Gasteiger partial charge in [-0.3, -0.25) is 0 Å². The SMILES string of the molecule is CN(C)C(=NC#N)N(C)CC(C)(C)C. The Hall–Kier alpha value is -1.24. The molecule has 0 saturated heterocycles. The van der Waals surface area contributed by atoms with E-state index in [1.807, 2.05) is 37.1 Å². The third kappa shape index (κ3) is 4.70. The summed E-state index contributed by atoms with van der Waals surface area (Å²) in [5.74, 6) is 0.697. The lowest BCUT2D eigenvalue weighted by atomic mass is 9.96. The van der Waals surface area contributed by atoms with Gasteiger partial charge in [0.05, 0.1) is 0 Å². The van der Waals surface area contributed by atoms with Crippen LogP contribution in [0, 0.1) is 16.9 Å². The van der Waals surface area contributed by atoms with E-state index in [2.05, 4.69) is 25.8 Å². The van der Waals surface area contributed by atoms with Gasteiger partial charge < -0.3 is 9.80 Å². The van der Waals surface area contributed by atoms with Gasteiger partial charge >= 0.3 is 0 Å². The van der Waals surface area contributed by atoms with Crippen LogP contribution in [0.15, 0.2) is 4.99 Å². The quantitative estimate of drug-likeness (QED) is 0.361. The van der Waals surface area contributed by atoms with Crippen LogP contribution in [0.25, 0.3) is 0 Å². The molecule has 0 aliphatic carbocycles. The maximum Gasteiger partial charge on any atom is 0.211 e. The van der Waals surface area contributed by atoms with Crippen molar-refractivity contribution in [1.29, 1.82) is 5.26 Å². The highest BCUT2D eigenvalue weighted by Crippen LogP contribution is 2.14. The molecule has 0 heterocycles. The summed E-state index contributed by atoms with van der Waals surface area (Å²) >= 11 is 0. The number of nitriles is 1. The maximum atomic E-state index is 8.54. The Morgan fingerprint density at radius 3 is 2.07 bits per heavy atom. The Labute approximate surface area is 86.8 Å². The van der Waals surface area contributed by atoms with Gasteiger partial charge in [-0.05, 0) is 5.41 Å². The van der Waals surface area contributed by atoms with E-state index < -0.39 is 0 Å². The van der Waals surface area contributed by atoms with Crippen molar-refractivity contribution in [2.75, 3.05) is 27.7 Å². The molecule has 0 aliphatic rings. The van der Waals surface area contributed by atoms with Crippen LogP contribution >= 0.6 is 0 Å². The number of guanidine groups is 1. The average molecular weight is 196 g/mol. The van der Waals surface area contributed by atoms with Gasteiger partial charge in [-0.25, -0.2) is 0 Å². The van der Waals surface area contributed by atoms with Crippen molar-refractivity contribution >= 4 is 5.96 Å². The normalized spacial score (nSPS) is 12.2. The summed E-state index contributed by atoms with van der Waals surface area (Å²) in [6.07, 6.45) is 1.82. The molecule has 0 aromatic rings. The van der Waals surface area contributed by atoms with E-state index in [0.29, 0.717) is 5.96 Å². The molecule has 4 nitrogen and oxygen atoms in total. The smallest absolute Gasteiger partial charge is 0.211 e. The van der Waals surface area contributed by atoms with E-state index in [0.717, 1.165) is 6.54 Å². The predicted molar refractivity (Wildman–Crippen MR) is 58.8 cm³/mol. The minimum Gasteiger partial charge on any atom is -0.348 e. The van der Waals surface area contributed by atoms with E-state index in [1.54, 1.807) is 0 Å². The standard InChI is InChI=1S/C10H20N4/c1-10(2,3)7-14(6)9(12-8-11)13(4)5/h7H2,1-6H3.